The molecule has 0 unspecified atom stereocenters. The van der Waals surface area contributed by atoms with Gasteiger partial charge in [-0.15, -0.1) is 0 Å². The Bertz CT molecular complexity index is 610. The van der Waals surface area contributed by atoms with Gasteiger partial charge < -0.3 is 9.88 Å². The van der Waals surface area contributed by atoms with E-state index in [1.54, 1.807) is 10.6 Å². The van der Waals surface area contributed by atoms with Gasteiger partial charge in [0.15, 0.2) is 0 Å². The van der Waals surface area contributed by atoms with Crippen LogP contribution in [0.5, 0.6) is 0 Å². The average molecular weight is 266 g/mol. The van der Waals surface area contributed by atoms with Gasteiger partial charge in [0.05, 0.1) is 11.0 Å². The van der Waals surface area contributed by atoms with Crippen LogP contribution in [0.1, 0.15) is 12.8 Å². The van der Waals surface area contributed by atoms with E-state index in [0.717, 1.165) is 37.2 Å². The minimum Gasteiger partial charge on any atom is -0.305 e. The first kappa shape index (κ1) is 11.8. The van der Waals surface area contributed by atoms with Gasteiger partial charge in [-0.3, -0.25) is 4.57 Å². The lowest BCUT2D eigenvalue weighted by Gasteiger charge is -2.14. The number of aromatic nitrogens is 2. The van der Waals surface area contributed by atoms with Crippen molar-refractivity contribution in [1.82, 2.24) is 14.5 Å². The van der Waals surface area contributed by atoms with Crippen molar-refractivity contribution >= 4 is 22.6 Å². The summed E-state index contributed by atoms with van der Waals surface area (Å²) in [7, 11) is 0. The van der Waals surface area contributed by atoms with Crippen LogP contribution in [0, 0.1) is 0 Å². The fourth-order valence-corrected chi connectivity index (χ4v) is 2.78. The molecule has 18 heavy (non-hydrogen) atoms. The van der Waals surface area contributed by atoms with E-state index in [2.05, 4.69) is 9.88 Å². The second-order valence-electron chi connectivity index (χ2n) is 4.79. The molecule has 1 N–H and O–H groups in total. The molecule has 0 aliphatic carbocycles. The molecule has 0 radical (unpaired) electrons. The van der Waals surface area contributed by atoms with Crippen LogP contribution >= 0.6 is 11.6 Å². The first-order valence-corrected chi connectivity index (χ1v) is 6.72. The lowest BCUT2D eigenvalue weighted by atomic mass is 10.3. The zero-order valence-corrected chi connectivity index (χ0v) is 10.9. The number of rotatable bonds is 3. The van der Waals surface area contributed by atoms with Gasteiger partial charge in [-0.05, 0) is 44.1 Å². The van der Waals surface area contributed by atoms with Crippen LogP contribution in [0.2, 0.25) is 5.02 Å². The van der Waals surface area contributed by atoms with Gasteiger partial charge in [0.25, 0.3) is 0 Å². The standard InChI is InChI=1S/C13H16ClN3O/c14-10-3-4-12-11(9-10)15-13(18)17(12)8-7-16-5-1-2-6-16/h3-4,9H,1-2,5-8H2,(H,15,18). The molecule has 4 nitrogen and oxygen atoms in total. The van der Waals surface area contributed by atoms with Crippen LogP contribution in [-0.4, -0.2) is 34.1 Å². The van der Waals surface area contributed by atoms with Gasteiger partial charge >= 0.3 is 5.69 Å². The van der Waals surface area contributed by atoms with E-state index < -0.39 is 0 Å². The van der Waals surface area contributed by atoms with Crippen molar-refractivity contribution in [1.29, 1.82) is 0 Å². The molecular weight excluding hydrogens is 250 g/mol. The van der Waals surface area contributed by atoms with Gasteiger partial charge in [-0.25, -0.2) is 4.79 Å². The number of nitrogens with zero attached hydrogens (tertiary/aromatic N) is 2. The highest BCUT2D eigenvalue weighted by Crippen LogP contribution is 2.16. The first-order valence-electron chi connectivity index (χ1n) is 6.34. The molecule has 1 aliphatic rings. The monoisotopic (exact) mass is 265 g/mol. The number of halogens is 1. The largest absolute Gasteiger partial charge is 0.326 e. The van der Waals surface area contributed by atoms with Gasteiger partial charge in [0, 0.05) is 18.1 Å². The molecule has 3 rings (SSSR count). The molecule has 1 aliphatic heterocycles. The molecule has 5 heteroatoms. The average Bonchev–Trinajstić information content (AvgIpc) is 2.93. The Balaban J connectivity index is 1.86. The summed E-state index contributed by atoms with van der Waals surface area (Å²) in [5.41, 5.74) is 1.70. The highest BCUT2D eigenvalue weighted by Gasteiger charge is 2.13. The third kappa shape index (κ3) is 2.18. The molecule has 1 aromatic heterocycles. The third-order valence-corrected chi connectivity index (χ3v) is 3.81. The number of benzene rings is 1. The SMILES string of the molecule is O=c1[nH]c2cc(Cl)ccc2n1CCN1CCCC1. The highest BCUT2D eigenvalue weighted by atomic mass is 35.5. The Labute approximate surface area is 110 Å². The molecule has 0 saturated carbocycles. The smallest absolute Gasteiger partial charge is 0.305 e. The van der Waals surface area contributed by atoms with Crippen LogP contribution in [0.25, 0.3) is 11.0 Å². The van der Waals surface area contributed by atoms with E-state index >= 15 is 0 Å². The summed E-state index contributed by atoms with van der Waals surface area (Å²) < 4.78 is 1.80. The number of aromatic amines is 1. The number of hydrogen-bond acceptors (Lipinski definition) is 2. The van der Waals surface area contributed by atoms with E-state index in [1.165, 1.54) is 12.8 Å². The maximum Gasteiger partial charge on any atom is 0.326 e. The van der Waals surface area contributed by atoms with E-state index in [4.69, 9.17) is 11.6 Å². The molecule has 96 valence electrons. The number of nitrogens with one attached hydrogen (secondary N) is 1. The van der Waals surface area contributed by atoms with E-state index in [9.17, 15) is 4.79 Å². The van der Waals surface area contributed by atoms with E-state index in [-0.39, 0.29) is 5.69 Å². The molecule has 0 atom stereocenters. The van der Waals surface area contributed by atoms with Gasteiger partial charge in [0.2, 0.25) is 0 Å². The molecule has 0 spiro atoms. The second-order valence-corrected chi connectivity index (χ2v) is 5.23. The van der Waals surface area contributed by atoms with Crippen molar-refractivity contribution in [3.63, 3.8) is 0 Å². The number of imidazole rings is 1. The number of likely N-dealkylation sites (tertiary alicyclic amines) is 1. The Hall–Kier alpha value is -1.26. The van der Waals surface area contributed by atoms with Crippen LogP contribution in [0.4, 0.5) is 0 Å². The number of H-pyrrole nitrogens is 1. The Morgan fingerprint density at radius 2 is 2.00 bits per heavy atom. The zero-order chi connectivity index (χ0) is 12.5. The van der Waals surface area contributed by atoms with Crippen molar-refractivity contribution in [3.05, 3.63) is 33.7 Å². The summed E-state index contributed by atoms with van der Waals surface area (Å²) in [4.78, 5) is 17.2. The van der Waals surface area contributed by atoms with Crippen LogP contribution in [0.3, 0.4) is 0 Å². The summed E-state index contributed by atoms with van der Waals surface area (Å²) in [5.74, 6) is 0. The molecule has 1 saturated heterocycles. The summed E-state index contributed by atoms with van der Waals surface area (Å²) >= 11 is 5.92. The molecule has 2 heterocycles. The van der Waals surface area contributed by atoms with Crippen LogP contribution < -0.4 is 5.69 Å². The zero-order valence-electron chi connectivity index (χ0n) is 10.2. The van der Waals surface area contributed by atoms with Crippen molar-refractivity contribution < 1.29 is 0 Å². The minimum absolute atomic E-state index is 0.0496. The minimum atomic E-state index is -0.0496. The molecule has 0 bridgehead atoms. The van der Waals surface area contributed by atoms with E-state index in [1.807, 2.05) is 12.1 Å². The molecule has 0 amide bonds. The predicted molar refractivity (Wildman–Crippen MR) is 73.2 cm³/mol. The van der Waals surface area contributed by atoms with Crippen molar-refractivity contribution in [2.75, 3.05) is 19.6 Å². The number of hydrogen-bond donors (Lipinski definition) is 1. The fourth-order valence-electron chi connectivity index (χ4n) is 2.61. The summed E-state index contributed by atoms with van der Waals surface area (Å²) in [6.07, 6.45) is 2.55. The molecule has 1 fully saturated rings. The van der Waals surface area contributed by atoms with Crippen LogP contribution in [0.15, 0.2) is 23.0 Å². The third-order valence-electron chi connectivity index (χ3n) is 3.57. The highest BCUT2D eigenvalue weighted by molar-refractivity contribution is 6.31. The van der Waals surface area contributed by atoms with Crippen molar-refractivity contribution in [2.45, 2.75) is 19.4 Å². The molecular formula is C13H16ClN3O. The normalized spacial score (nSPS) is 16.7. The fraction of sp³-hybridized carbons (Fsp3) is 0.462. The second kappa shape index (κ2) is 4.78. The van der Waals surface area contributed by atoms with Crippen molar-refractivity contribution in [2.24, 2.45) is 0 Å². The maximum atomic E-state index is 11.9. The number of fused-ring (bicyclic) bond motifs is 1. The van der Waals surface area contributed by atoms with Gasteiger partial charge in [0.1, 0.15) is 0 Å². The quantitative estimate of drug-likeness (QED) is 0.923. The lowest BCUT2D eigenvalue weighted by Crippen LogP contribution is -2.28. The Kier molecular flexibility index (Phi) is 3.14. The maximum absolute atomic E-state index is 11.9. The lowest BCUT2D eigenvalue weighted by molar-refractivity contribution is 0.322. The Morgan fingerprint density at radius 3 is 2.78 bits per heavy atom. The van der Waals surface area contributed by atoms with E-state index in [0.29, 0.717) is 5.02 Å². The Morgan fingerprint density at radius 1 is 1.22 bits per heavy atom. The van der Waals surface area contributed by atoms with Crippen LogP contribution in [-0.2, 0) is 6.54 Å². The summed E-state index contributed by atoms with van der Waals surface area (Å²) in [6, 6.07) is 5.52. The van der Waals surface area contributed by atoms with Crippen molar-refractivity contribution in [3.8, 4) is 0 Å². The first-order chi connectivity index (χ1) is 8.74. The topological polar surface area (TPSA) is 41.0 Å². The molecule has 1 aromatic carbocycles. The molecule has 2 aromatic rings. The predicted octanol–water partition coefficient (Wildman–Crippen LogP) is 2.08. The van der Waals surface area contributed by atoms with Gasteiger partial charge in [-0.1, -0.05) is 11.6 Å². The summed E-state index contributed by atoms with van der Waals surface area (Å²) in [5, 5.41) is 0.649. The summed E-state index contributed by atoms with van der Waals surface area (Å²) in [6.45, 7) is 3.99. The van der Waals surface area contributed by atoms with Gasteiger partial charge in [-0.2, -0.15) is 0 Å².